The van der Waals surface area contributed by atoms with Crippen LogP contribution in [0.3, 0.4) is 0 Å². The number of amides is 6. The highest BCUT2D eigenvalue weighted by atomic mass is 16.6. The van der Waals surface area contributed by atoms with E-state index in [1.165, 1.54) is 4.90 Å². The van der Waals surface area contributed by atoms with Gasteiger partial charge >= 0.3 is 6.09 Å². The van der Waals surface area contributed by atoms with Crippen molar-refractivity contribution in [2.24, 2.45) is 29.1 Å². The number of likely N-dealkylation sites (tertiary alicyclic amines) is 1. The van der Waals surface area contributed by atoms with E-state index in [0.717, 1.165) is 24.0 Å². The van der Waals surface area contributed by atoms with Gasteiger partial charge in [0.2, 0.25) is 29.4 Å². The van der Waals surface area contributed by atoms with Crippen molar-refractivity contribution in [1.29, 1.82) is 0 Å². The van der Waals surface area contributed by atoms with Gasteiger partial charge in [-0.25, -0.2) is 4.79 Å². The molecule has 57 heavy (non-hydrogen) atoms. The van der Waals surface area contributed by atoms with Gasteiger partial charge in [0.15, 0.2) is 0 Å². The molecule has 14 heteroatoms. The maximum absolute atomic E-state index is 14.7. The number of nitrogens with one attached hydrogen (secondary N) is 4. The lowest BCUT2D eigenvalue weighted by atomic mass is 9.93. The van der Waals surface area contributed by atoms with Gasteiger partial charge < -0.3 is 35.8 Å². The predicted molar refractivity (Wildman–Crippen MR) is 210 cm³/mol. The molecule has 6 amide bonds. The van der Waals surface area contributed by atoms with E-state index >= 15 is 0 Å². The highest BCUT2D eigenvalue weighted by molar-refractivity contribution is 6.38. The second-order valence-corrected chi connectivity index (χ2v) is 17.9. The van der Waals surface area contributed by atoms with Gasteiger partial charge in [0.05, 0.1) is 12.6 Å². The number of carbonyl (C=O) groups is 7. The van der Waals surface area contributed by atoms with Crippen LogP contribution in [0.2, 0.25) is 0 Å². The number of likely N-dealkylation sites (N-methyl/N-ethyl adjacent to an activating group) is 1. The van der Waals surface area contributed by atoms with Crippen LogP contribution in [0.15, 0.2) is 54.6 Å². The van der Waals surface area contributed by atoms with Crippen LogP contribution in [0.4, 0.5) is 4.79 Å². The molecule has 2 saturated carbocycles. The highest BCUT2D eigenvalue weighted by Crippen LogP contribution is 2.65. The van der Waals surface area contributed by atoms with Crippen LogP contribution >= 0.6 is 0 Å². The summed E-state index contributed by atoms with van der Waals surface area (Å²) < 4.78 is 5.58. The fraction of sp³-hybridized carbons (Fsp3) is 0.558. The molecule has 0 spiro atoms. The van der Waals surface area contributed by atoms with Crippen LogP contribution in [0.25, 0.3) is 0 Å². The van der Waals surface area contributed by atoms with E-state index in [4.69, 9.17) is 4.74 Å². The molecule has 306 valence electrons. The van der Waals surface area contributed by atoms with E-state index in [9.17, 15) is 33.6 Å². The van der Waals surface area contributed by atoms with Gasteiger partial charge in [0.1, 0.15) is 23.7 Å². The maximum Gasteiger partial charge on any atom is 0.408 e. The van der Waals surface area contributed by atoms with Crippen LogP contribution in [0.5, 0.6) is 0 Å². The summed E-state index contributed by atoms with van der Waals surface area (Å²) in [5.41, 5.74) is 1.71. The third kappa shape index (κ3) is 9.48. The average Bonchev–Trinajstić information content (AvgIpc) is 3.91. The molecular weight excluding hydrogens is 729 g/mol. The van der Waals surface area contributed by atoms with E-state index in [1.807, 2.05) is 38.1 Å². The minimum absolute atomic E-state index is 0.0265. The highest BCUT2D eigenvalue weighted by Gasteiger charge is 2.70. The average molecular weight is 785 g/mol. The summed E-state index contributed by atoms with van der Waals surface area (Å²) in [4.78, 5) is 98.0. The molecule has 2 aromatic rings. The van der Waals surface area contributed by atoms with Crippen LogP contribution in [0.1, 0.15) is 76.6 Å². The Hall–Kier alpha value is -5.27. The summed E-state index contributed by atoms with van der Waals surface area (Å²) in [5, 5.41) is 10.7. The molecule has 2 unspecified atom stereocenters. The van der Waals surface area contributed by atoms with Crippen molar-refractivity contribution in [3.63, 3.8) is 0 Å². The number of carbonyl (C=O) groups excluding carboxylic acids is 7. The molecule has 1 heterocycles. The molecule has 0 radical (unpaired) electrons. The van der Waals surface area contributed by atoms with Gasteiger partial charge in [-0.2, -0.15) is 0 Å². The fourth-order valence-electron chi connectivity index (χ4n) is 8.62. The zero-order chi connectivity index (χ0) is 41.4. The van der Waals surface area contributed by atoms with Crippen molar-refractivity contribution in [3.8, 4) is 0 Å². The second kappa shape index (κ2) is 16.3. The summed E-state index contributed by atoms with van der Waals surface area (Å²) in [7, 11) is 3.14. The number of fused-ring (bicyclic) bond motifs is 2. The van der Waals surface area contributed by atoms with Crippen LogP contribution < -0.4 is 21.3 Å². The summed E-state index contributed by atoms with van der Waals surface area (Å²) in [5.74, 6) is -4.22. The number of hydrogen-bond donors (Lipinski definition) is 4. The summed E-state index contributed by atoms with van der Waals surface area (Å²) in [6.07, 6.45) is 2.33. The molecule has 3 aliphatic carbocycles. The van der Waals surface area contributed by atoms with Crippen LogP contribution in [0, 0.1) is 29.1 Å². The quantitative estimate of drug-likeness (QED) is 0.211. The molecule has 4 aliphatic rings. The first-order chi connectivity index (χ1) is 26.9. The van der Waals surface area contributed by atoms with Crippen molar-refractivity contribution in [3.05, 3.63) is 71.3 Å². The molecule has 1 saturated heterocycles. The lowest BCUT2D eigenvalue weighted by molar-refractivity contribution is -0.145. The van der Waals surface area contributed by atoms with Crippen molar-refractivity contribution in [1.82, 2.24) is 31.1 Å². The van der Waals surface area contributed by atoms with E-state index in [2.05, 4.69) is 21.3 Å². The number of hydrogen-bond acceptors (Lipinski definition) is 8. The summed E-state index contributed by atoms with van der Waals surface area (Å²) in [6.45, 7) is 9.07. The first-order valence-electron chi connectivity index (χ1n) is 19.9. The Morgan fingerprint density at radius 1 is 0.877 bits per heavy atom. The Labute approximate surface area is 334 Å². The Bertz CT molecular complexity index is 1880. The first-order valence-corrected chi connectivity index (χ1v) is 19.9. The van der Waals surface area contributed by atoms with Gasteiger partial charge in [0, 0.05) is 20.6 Å². The van der Waals surface area contributed by atoms with Gasteiger partial charge in [-0.05, 0) is 85.8 Å². The molecule has 4 N–H and O–H groups in total. The smallest absolute Gasteiger partial charge is 0.408 e. The number of rotatable bonds is 14. The lowest BCUT2D eigenvalue weighted by Crippen LogP contribution is -2.60. The molecule has 0 aromatic heterocycles. The fourth-order valence-corrected chi connectivity index (χ4v) is 8.62. The van der Waals surface area contributed by atoms with E-state index in [-0.39, 0.29) is 41.4 Å². The Morgan fingerprint density at radius 3 is 2.07 bits per heavy atom. The maximum atomic E-state index is 14.7. The van der Waals surface area contributed by atoms with E-state index in [1.54, 1.807) is 70.1 Å². The largest absolute Gasteiger partial charge is 0.444 e. The van der Waals surface area contributed by atoms with Gasteiger partial charge in [0.25, 0.3) is 5.91 Å². The molecule has 3 fully saturated rings. The molecule has 2 aromatic carbocycles. The molecule has 1 aliphatic heterocycles. The molecule has 6 rings (SSSR count). The molecule has 6 atom stereocenters. The van der Waals surface area contributed by atoms with E-state index in [0.29, 0.717) is 24.9 Å². The number of benzene rings is 2. The summed E-state index contributed by atoms with van der Waals surface area (Å²) >= 11 is 0. The minimum Gasteiger partial charge on any atom is -0.444 e. The number of alkyl carbamates (subject to hydrolysis) is 1. The minimum atomic E-state index is -1.18. The summed E-state index contributed by atoms with van der Waals surface area (Å²) in [6, 6.07) is 12.5. The number of Topliss-reactive ketones (excluding diaryl/α,β-unsaturated/α-hetero) is 1. The zero-order valence-electron chi connectivity index (χ0n) is 33.9. The molecular formula is C43H56N6O8. The van der Waals surface area contributed by atoms with Crippen molar-refractivity contribution in [2.75, 3.05) is 27.2 Å². The topological polar surface area (TPSA) is 183 Å². The van der Waals surface area contributed by atoms with Crippen molar-refractivity contribution in [2.45, 2.75) is 96.5 Å². The predicted octanol–water partition coefficient (Wildman–Crippen LogP) is 2.69. The standard InChI is InChI=1S/C43H56N6O8/c1-42(2,3)57-41(56)47-34(28-20-26-15-11-12-16-27(26)21-28)40(55)49-23-29-32(43(29,4)5)35(49)37(52)45-30(19-24-17-18-24)36(51)38(53)44-22-31(50)46-33(39(54)48(6)7)25-13-9-8-10-14-25/h8-16,24,28-30,32-35H,17-23H2,1-7H3,(H,44,53)(H,45,52)(H,46,50)(H,47,56)/t29-,30?,32-,33-,34?,35-/m0/s1. The van der Waals surface area contributed by atoms with Gasteiger partial charge in [-0.15, -0.1) is 0 Å². The van der Waals surface area contributed by atoms with Crippen LogP contribution in [-0.4, -0.2) is 102 Å². The Kier molecular flexibility index (Phi) is 11.8. The number of ether oxygens (including phenoxy) is 1. The SMILES string of the molecule is CN(C)C(=O)[C@@H](NC(=O)CNC(=O)C(=O)C(CC1CC1)NC(=O)[C@@H]1[C@@H]2[C@H](CN1C(=O)C(NC(=O)OC(C)(C)C)C1Cc3ccccc3C1)C2(C)C)c1ccccc1. The zero-order valence-corrected chi connectivity index (χ0v) is 33.9. The third-order valence-corrected chi connectivity index (χ3v) is 11.9. The van der Waals surface area contributed by atoms with Crippen molar-refractivity contribution >= 4 is 41.4 Å². The normalized spacial score (nSPS) is 22.2. The van der Waals surface area contributed by atoms with E-state index < -0.39 is 71.8 Å². The number of ketones is 1. The van der Waals surface area contributed by atoms with Gasteiger partial charge in [-0.3, -0.25) is 28.8 Å². The second-order valence-electron chi connectivity index (χ2n) is 17.9. The van der Waals surface area contributed by atoms with Crippen LogP contribution in [-0.2, 0) is 46.3 Å². The lowest BCUT2D eigenvalue weighted by Gasteiger charge is -2.35. The first kappa shape index (κ1) is 41.4. The van der Waals surface area contributed by atoms with Gasteiger partial charge in [-0.1, -0.05) is 81.3 Å². The molecule has 0 bridgehead atoms. The number of nitrogens with zero attached hydrogens (tertiary/aromatic N) is 2. The number of piperidine rings is 1. The monoisotopic (exact) mass is 784 g/mol. The third-order valence-electron chi connectivity index (χ3n) is 11.9. The Balaban J connectivity index is 1.15. The van der Waals surface area contributed by atoms with Crippen molar-refractivity contribution < 1.29 is 38.3 Å². The molecule has 14 nitrogen and oxygen atoms in total. The Morgan fingerprint density at radius 2 is 1.49 bits per heavy atom.